The molecule has 3 fully saturated rings. The van der Waals surface area contributed by atoms with E-state index in [4.69, 9.17) is 0 Å². The van der Waals surface area contributed by atoms with Crippen molar-refractivity contribution in [2.75, 3.05) is 32.7 Å². The molecule has 0 spiro atoms. The Morgan fingerprint density at radius 1 is 0.931 bits per heavy atom. The Morgan fingerprint density at radius 3 is 2.34 bits per heavy atom. The Balaban J connectivity index is 1.37. The number of carbonyl (C=O) groups is 1. The van der Waals surface area contributed by atoms with Crippen molar-refractivity contribution >= 4 is 5.91 Å². The van der Waals surface area contributed by atoms with Crippen LogP contribution in [0.5, 0.6) is 0 Å². The summed E-state index contributed by atoms with van der Waals surface area (Å²) >= 11 is 0. The second kappa shape index (κ2) is 7.92. The minimum Gasteiger partial charge on any atom is -0.337 e. The molecule has 3 heterocycles. The molecule has 3 aliphatic rings. The van der Waals surface area contributed by atoms with Crippen molar-refractivity contribution in [1.82, 2.24) is 15.1 Å². The summed E-state index contributed by atoms with van der Waals surface area (Å²) in [4.78, 5) is 18.7. The van der Waals surface area contributed by atoms with Gasteiger partial charge in [0.05, 0.1) is 5.41 Å². The first kappa shape index (κ1) is 18.8. The number of fused-ring (bicyclic) bond motifs is 1. The lowest BCUT2D eigenvalue weighted by atomic mass is 9.71. The number of nitrogens with zero attached hydrogens (tertiary/aromatic N) is 2. The topological polar surface area (TPSA) is 35.6 Å². The molecule has 5 rings (SSSR count). The van der Waals surface area contributed by atoms with Gasteiger partial charge in [0, 0.05) is 32.2 Å². The van der Waals surface area contributed by atoms with Gasteiger partial charge in [0.25, 0.3) is 0 Å². The standard InChI is InChI=1S/C25H31N3O/c29-24(28-14-11-21-17-26-18-23(21)28)25(22-9-5-2-6-10-22)12-15-27(16-13-25)19-20-7-3-1-4-8-20/h1-10,21,23,26H,11-19H2/t21-,23+/m0/s1. The highest BCUT2D eigenvalue weighted by Crippen LogP contribution is 2.40. The van der Waals surface area contributed by atoms with Gasteiger partial charge in [0.2, 0.25) is 5.91 Å². The van der Waals surface area contributed by atoms with Gasteiger partial charge < -0.3 is 10.2 Å². The smallest absolute Gasteiger partial charge is 0.233 e. The summed E-state index contributed by atoms with van der Waals surface area (Å²) in [5, 5.41) is 3.50. The average Bonchev–Trinajstić information content (AvgIpc) is 3.39. The van der Waals surface area contributed by atoms with E-state index in [1.165, 1.54) is 11.1 Å². The molecule has 4 heteroatoms. The third kappa shape index (κ3) is 3.49. The Hall–Kier alpha value is -2.17. The van der Waals surface area contributed by atoms with Crippen molar-refractivity contribution in [2.45, 2.75) is 37.3 Å². The summed E-state index contributed by atoms with van der Waals surface area (Å²) in [7, 11) is 0. The maximum Gasteiger partial charge on any atom is 0.233 e. The van der Waals surface area contributed by atoms with Crippen LogP contribution in [-0.2, 0) is 16.8 Å². The van der Waals surface area contributed by atoms with Crippen LogP contribution < -0.4 is 5.32 Å². The Bertz CT molecular complexity index is 830. The molecule has 1 N–H and O–H groups in total. The quantitative estimate of drug-likeness (QED) is 0.873. The Labute approximate surface area is 173 Å². The minimum atomic E-state index is -0.369. The molecule has 0 aromatic heterocycles. The first-order valence-electron chi connectivity index (χ1n) is 11.1. The van der Waals surface area contributed by atoms with Crippen LogP contribution in [-0.4, -0.2) is 54.5 Å². The Kier molecular flexibility index (Phi) is 5.15. The van der Waals surface area contributed by atoms with Gasteiger partial charge >= 0.3 is 0 Å². The van der Waals surface area contributed by atoms with Crippen LogP contribution >= 0.6 is 0 Å². The van der Waals surface area contributed by atoms with E-state index in [2.05, 4.69) is 75.8 Å². The van der Waals surface area contributed by atoms with Crippen LogP contribution in [0.1, 0.15) is 30.4 Å². The molecule has 0 radical (unpaired) electrons. The van der Waals surface area contributed by atoms with Crippen molar-refractivity contribution in [3.8, 4) is 0 Å². The minimum absolute atomic E-state index is 0.369. The number of carbonyl (C=O) groups excluding carboxylic acids is 1. The maximum absolute atomic E-state index is 14.0. The molecule has 4 nitrogen and oxygen atoms in total. The summed E-state index contributed by atoms with van der Waals surface area (Å²) in [6.07, 6.45) is 2.96. The van der Waals surface area contributed by atoms with E-state index in [0.717, 1.165) is 58.5 Å². The molecular formula is C25H31N3O. The van der Waals surface area contributed by atoms with E-state index in [0.29, 0.717) is 17.9 Å². The molecule has 1 amide bonds. The van der Waals surface area contributed by atoms with Gasteiger partial charge in [-0.05, 0) is 49.4 Å². The summed E-state index contributed by atoms with van der Waals surface area (Å²) in [5.74, 6) is 1.02. The molecule has 3 aliphatic heterocycles. The van der Waals surface area contributed by atoms with Crippen molar-refractivity contribution in [1.29, 1.82) is 0 Å². The summed E-state index contributed by atoms with van der Waals surface area (Å²) < 4.78 is 0. The number of benzene rings is 2. The van der Waals surface area contributed by atoms with E-state index in [-0.39, 0.29) is 5.41 Å². The third-order valence-electron chi connectivity index (χ3n) is 7.40. The van der Waals surface area contributed by atoms with Gasteiger partial charge in [-0.1, -0.05) is 60.7 Å². The van der Waals surface area contributed by atoms with Gasteiger partial charge in [-0.25, -0.2) is 0 Å². The van der Waals surface area contributed by atoms with Crippen LogP contribution in [0.2, 0.25) is 0 Å². The number of rotatable bonds is 4. The highest BCUT2D eigenvalue weighted by atomic mass is 16.2. The summed E-state index contributed by atoms with van der Waals surface area (Å²) in [5.41, 5.74) is 2.19. The first-order valence-corrected chi connectivity index (χ1v) is 11.1. The SMILES string of the molecule is O=C(N1CC[C@H]2CNC[C@H]21)C1(c2ccccc2)CCN(Cc2ccccc2)CC1. The zero-order valence-corrected chi connectivity index (χ0v) is 17.1. The molecular weight excluding hydrogens is 358 g/mol. The van der Waals surface area contributed by atoms with Gasteiger partial charge in [-0.15, -0.1) is 0 Å². The van der Waals surface area contributed by atoms with Crippen LogP contribution in [0.4, 0.5) is 0 Å². The lowest BCUT2D eigenvalue weighted by Gasteiger charge is -2.44. The van der Waals surface area contributed by atoms with Crippen LogP contribution in [0.3, 0.4) is 0 Å². The fourth-order valence-electron chi connectivity index (χ4n) is 5.69. The molecule has 2 aromatic rings. The normalized spacial score (nSPS) is 26.4. The molecule has 0 unspecified atom stereocenters. The van der Waals surface area contributed by atoms with Gasteiger partial charge in [0.1, 0.15) is 0 Å². The highest BCUT2D eigenvalue weighted by molar-refractivity contribution is 5.89. The van der Waals surface area contributed by atoms with Gasteiger partial charge in [0.15, 0.2) is 0 Å². The number of amides is 1. The van der Waals surface area contributed by atoms with Gasteiger partial charge in [-0.2, -0.15) is 0 Å². The third-order valence-corrected chi connectivity index (χ3v) is 7.40. The number of nitrogens with one attached hydrogen (secondary N) is 1. The van der Waals surface area contributed by atoms with Crippen molar-refractivity contribution in [3.63, 3.8) is 0 Å². The van der Waals surface area contributed by atoms with Crippen molar-refractivity contribution in [2.24, 2.45) is 5.92 Å². The number of piperidine rings is 1. The van der Waals surface area contributed by atoms with Crippen molar-refractivity contribution in [3.05, 3.63) is 71.8 Å². The molecule has 29 heavy (non-hydrogen) atoms. The molecule has 0 aliphatic carbocycles. The molecule has 0 bridgehead atoms. The Morgan fingerprint density at radius 2 is 1.62 bits per heavy atom. The average molecular weight is 390 g/mol. The lowest BCUT2D eigenvalue weighted by Crippen LogP contribution is -2.54. The van der Waals surface area contributed by atoms with Gasteiger partial charge in [-0.3, -0.25) is 9.69 Å². The summed E-state index contributed by atoms with van der Waals surface area (Å²) in [6, 6.07) is 21.6. The van der Waals surface area contributed by atoms with E-state index in [1.54, 1.807) is 0 Å². The number of hydrogen-bond acceptors (Lipinski definition) is 3. The largest absolute Gasteiger partial charge is 0.337 e. The van der Waals surface area contributed by atoms with Crippen molar-refractivity contribution < 1.29 is 4.79 Å². The van der Waals surface area contributed by atoms with E-state index in [9.17, 15) is 4.79 Å². The first-order chi connectivity index (χ1) is 14.3. The van der Waals surface area contributed by atoms with Crippen LogP contribution in [0.25, 0.3) is 0 Å². The predicted octanol–water partition coefficient (Wildman–Crippen LogP) is 3.04. The number of likely N-dealkylation sites (tertiary alicyclic amines) is 2. The summed E-state index contributed by atoms with van der Waals surface area (Å²) in [6.45, 7) is 5.86. The number of hydrogen-bond donors (Lipinski definition) is 1. The second-order valence-electron chi connectivity index (χ2n) is 8.98. The monoisotopic (exact) mass is 389 g/mol. The zero-order chi connectivity index (χ0) is 19.7. The maximum atomic E-state index is 14.0. The lowest BCUT2D eigenvalue weighted by molar-refractivity contribution is -0.140. The second-order valence-corrected chi connectivity index (χ2v) is 8.98. The molecule has 3 saturated heterocycles. The highest BCUT2D eigenvalue weighted by Gasteiger charge is 2.49. The molecule has 2 atom stereocenters. The predicted molar refractivity (Wildman–Crippen MR) is 116 cm³/mol. The molecule has 2 aromatic carbocycles. The fourth-order valence-corrected chi connectivity index (χ4v) is 5.69. The van der Waals surface area contributed by atoms with Crippen LogP contribution in [0, 0.1) is 5.92 Å². The van der Waals surface area contributed by atoms with Crippen LogP contribution in [0.15, 0.2) is 60.7 Å². The fraction of sp³-hybridized carbons (Fsp3) is 0.480. The molecule has 152 valence electrons. The zero-order valence-electron chi connectivity index (χ0n) is 17.1. The van der Waals surface area contributed by atoms with E-state index < -0.39 is 0 Å². The van der Waals surface area contributed by atoms with E-state index in [1.807, 2.05) is 0 Å². The molecule has 0 saturated carbocycles. The van der Waals surface area contributed by atoms with E-state index >= 15 is 0 Å².